The summed E-state index contributed by atoms with van der Waals surface area (Å²) >= 11 is 0. The van der Waals surface area contributed by atoms with Crippen molar-refractivity contribution in [3.63, 3.8) is 0 Å². The number of rotatable bonds is 18. The highest BCUT2D eigenvalue weighted by Crippen LogP contribution is 2.16. The molecule has 0 aromatic heterocycles. The summed E-state index contributed by atoms with van der Waals surface area (Å²) < 4.78 is 32.1. The highest BCUT2D eigenvalue weighted by atomic mass is 32.2. The quantitative estimate of drug-likeness (QED) is 0.217. The summed E-state index contributed by atoms with van der Waals surface area (Å²) in [6.07, 6.45) is 11.5. The lowest BCUT2D eigenvalue weighted by Crippen LogP contribution is -2.50. The van der Waals surface area contributed by atoms with Crippen molar-refractivity contribution in [3.05, 3.63) is 0 Å². The van der Waals surface area contributed by atoms with Gasteiger partial charge < -0.3 is 13.9 Å². The zero-order valence-electron chi connectivity index (χ0n) is 20.5. The fraction of sp³-hybridized carbons (Fsp3) is 1.00. The number of nitrogens with zero attached hydrogens (tertiary/aromatic N) is 2. The molecule has 0 saturated carbocycles. The molecule has 0 N–H and O–H groups in total. The molecule has 0 amide bonds. The van der Waals surface area contributed by atoms with Crippen LogP contribution in [0.5, 0.6) is 0 Å². The van der Waals surface area contributed by atoms with Crippen molar-refractivity contribution in [1.29, 1.82) is 0 Å². The van der Waals surface area contributed by atoms with E-state index in [9.17, 15) is 13.0 Å². The number of unbranched alkanes of at least 4 members (excludes halogenated alkanes) is 4. The Bertz CT molecular complexity index is 400. The lowest BCUT2D eigenvalue weighted by atomic mass is 10.1. The second-order valence-electron chi connectivity index (χ2n) is 8.29. The van der Waals surface area contributed by atoms with Crippen LogP contribution in [0.15, 0.2) is 0 Å². The zero-order valence-corrected chi connectivity index (χ0v) is 21.4. The highest BCUT2D eigenvalue weighted by molar-refractivity contribution is 7.85. The van der Waals surface area contributed by atoms with E-state index in [1.807, 2.05) is 13.8 Å². The Labute approximate surface area is 183 Å². The molecule has 0 aliphatic heterocycles. The second-order valence-corrected chi connectivity index (χ2v) is 9.82. The molecule has 0 aromatic carbocycles. The summed E-state index contributed by atoms with van der Waals surface area (Å²) in [7, 11) is -4.01. The Morgan fingerprint density at radius 2 is 1.00 bits per heavy atom. The third kappa shape index (κ3) is 19.5. The van der Waals surface area contributed by atoms with Gasteiger partial charge in [0.1, 0.15) is 0 Å². The predicted octanol–water partition coefficient (Wildman–Crippen LogP) is 5.27. The van der Waals surface area contributed by atoms with Gasteiger partial charge in [0.2, 0.25) is 0 Å². The third-order valence-corrected chi connectivity index (χ3v) is 6.50. The lowest BCUT2D eigenvalue weighted by molar-refractivity contribution is -0.929. The minimum absolute atomic E-state index is 0.247. The summed E-state index contributed by atoms with van der Waals surface area (Å²) in [6.45, 7) is 21.5. The molecule has 0 aliphatic carbocycles. The van der Waals surface area contributed by atoms with Crippen LogP contribution < -0.4 is 0 Å². The standard InChI is InChI=1S/C16H36N.C7H17NO3S/c1-5-9-13-17(14-10-6-2,15-11-7-3)16-12-8-4;1-3-8(4-2)6-5-7-12(9,10)11/h5-16H2,1-4H3;3-7H2,1-2H3,(H,9,10,11)/q+1;/p-1. The van der Waals surface area contributed by atoms with Gasteiger partial charge in [-0.3, -0.25) is 0 Å². The SMILES string of the molecule is CCCC[N+](CCCC)(CCCC)CCCC.CCN(CC)CCCS(=O)(=O)[O-]. The van der Waals surface area contributed by atoms with Crippen LogP contribution in [-0.4, -0.2) is 73.9 Å². The molecule has 0 spiro atoms. The van der Waals surface area contributed by atoms with Crippen LogP contribution in [0.4, 0.5) is 0 Å². The fourth-order valence-corrected chi connectivity index (χ4v) is 4.13. The maximum atomic E-state index is 10.2. The second kappa shape index (κ2) is 19.8. The third-order valence-electron chi connectivity index (χ3n) is 5.71. The normalized spacial score (nSPS) is 12.1. The molecular formula is C23H52N2O3S. The van der Waals surface area contributed by atoms with Gasteiger partial charge in [0.15, 0.2) is 0 Å². The largest absolute Gasteiger partial charge is 0.748 e. The summed E-state index contributed by atoms with van der Waals surface area (Å²) in [5.41, 5.74) is 0. The van der Waals surface area contributed by atoms with Crippen LogP contribution in [0.3, 0.4) is 0 Å². The molecule has 0 heterocycles. The van der Waals surface area contributed by atoms with Gasteiger partial charge in [-0.2, -0.15) is 0 Å². The molecule has 0 unspecified atom stereocenters. The van der Waals surface area contributed by atoms with Crippen molar-refractivity contribution < 1.29 is 17.5 Å². The first kappa shape index (κ1) is 31.0. The van der Waals surface area contributed by atoms with Gasteiger partial charge in [-0.25, -0.2) is 8.42 Å². The Balaban J connectivity index is 0. The van der Waals surface area contributed by atoms with E-state index in [2.05, 4.69) is 32.6 Å². The fourth-order valence-electron chi connectivity index (χ4n) is 3.65. The van der Waals surface area contributed by atoms with E-state index in [-0.39, 0.29) is 5.75 Å². The molecular weight excluding hydrogens is 384 g/mol. The van der Waals surface area contributed by atoms with E-state index in [4.69, 9.17) is 0 Å². The first-order chi connectivity index (χ1) is 13.7. The van der Waals surface area contributed by atoms with Crippen LogP contribution in [0.1, 0.15) is 99.3 Å². The molecule has 0 rings (SSSR count). The average molecular weight is 437 g/mol. The van der Waals surface area contributed by atoms with Gasteiger partial charge in [-0.1, -0.05) is 67.2 Å². The van der Waals surface area contributed by atoms with Gasteiger partial charge in [0, 0.05) is 5.75 Å². The van der Waals surface area contributed by atoms with Crippen molar-refractivity contribution in [2.45, 2.75) is 99.3 Å². The summed E-state index contributed by atoms with van der Waals surface area (Å²) in [5.74, 6) is -0.247. The van der Waals surface area contributed by atoms with Gasteiger partial charge in [0.05, 0.1) is 36.3 Å². The van der Waals surface area contributed by atoms with Gasteiger partial charge in [-0.15, -0.1) is 0 Å². The zero-order chi connectivity index (χ0) is 22.6. The topological polar surface area (TPSA) is 60.4 Å². The van der Waals surface area contributed by atoms with E-state index in [0.29, 0.717) is 13.0 Å². The molecule has 0 bridgehead atoms. The maximum Gasteiger partial charge on any atom is 0.0946 e. The highest BCUT2D eigenvalue weighted by Gasteiger charge is 2.24. The first-order valence-corrected chi connectivity index (χ1v) is 13.8. The minimum Gasteiger partial charge on any atom is -0.748 e. The van der Waals surface area contributed by atoms with Crippen molar-refractivity contribution in [3.8, 4) is 0 Å². The van der Waals surface area contributed by atoms with Crippen LogP contribution in [0.25, 0.3) is 0 Å². The predicted molar refractivity (Wildman–Crippen MR) is 126 cm³/mol. The molecule has 0 aromatic rings. The van der Waals surface area contributed by atoms with Crippen LogP contribution in [0, 0.1) is 0 Å². The molecule has 5 nitrogen and oxygen atoms in total. The molecule has 0 saturated heterocycles. The smallest absolute Gasteiger partial charge is 0.0946 e. The lowest BCUT2D eigenvalue weighted by Gasteiger charge is -2.39. The van der Waals surface area contributed by atoms with E-state index in [0.717, 1.165) is 13.1 Å². The summed E-state index contributed by atoms with van der Waals surface area (Å²) in [6, 6.07) is 0. The molecule has 0 radical (unpaired) electrons. The molecule has 29 heavy (non-hydrogen) atoms. The van der Waals surface area contributed by atoms with Crippen molar-refractivity contribution in [1.82, 2.24) is 4.90 Å². The van der Waals surface area contributed by atoms with E-state index in [1.54, 1.807) is 0 Å². The Hall–Kier alpha value is -0.170. The number of hydrogen-bond acceptors (Lipinski definition) is 4. The van der Waals surface area contributed by atoms with Crippen molar-refractivity contribution in [2.75, 3.05) is 51.6 Å². The summed E-state index contributed by atoms with van der Waals surface area (Å²) in [5, 5.41) is 0. The number of hydrogen-bond donors (Lipinski definition) is 0. The van der Waals surface area contributed by atoms with Crippen LogP contribution >= 0.6 is 0 Å². The number of quaternary nitrogens is 1. The van der Waals surface area contributed by atoms with Crippen molar-refractivity contribution in [2.24, 2.45) is 0 Å². The Morgan fingerprint density at radius 1 is 0.655 bits per heavy atom. The summed E-state index contributed by atoms with van der Waals surface area (Å²) in [4.78, 5) is 2.09. The van der Waals surface area contributed by atoms with E-state index < -0.39 is 10.1 Å². The molecule has 0 aliphatic rings. The van der Waals surface area contributed by atoms with Crippen molar-refractivity contribution >= 4 is 10.1 Å². The van der Waals surface area contributed by atoms with E-state index in [1.165, 1.54) is 82.0 Å². The van der Waals surface area contributed by atoms with Gasteiger partial charge in [0.25, 0.3) is 0 Å². The monoisotopic (exact) mass is 436 g/mol. The van der Waals surface area contributed by atoms with E-state index >= 15 is 0 Å². The first-order valence-electron chi connectivity index (χ1n) is 12.2. The minimum atomic E-state index is -4.01. The molecule has 0 atom stereocenters. The van der Waals surface area contributed by atoms with Crippen LogP contribution in [-0.2, 0) is 10.1 Å². The molecule has 0 fully saturated rings. The van der Waals surface area contributed by atoms with Gasteiger partial charge >= 0.3 is 0 Å². The Morgan fingerprint density at radius 3 is 1.24 bits per heavy atom. The Kier molecular flexibility index (Phi) is 21.2. The van der Waals surface area contributed by atoms with Crippen LogP contribution in [0.2, 0.25) is 0 Å². The molecule has 178 valence electrons. The van der Waals surface area contributed by atoms with Gasteiger partial charge in [-0.05, 0) is 51.7 Å². The molecule has 6 heteroatoms. The maximum absolute atomic E-state index is 10.2. The average Bonchev–Trinajstić information content (AvgIpc) is 2.70.